The zero-order chi connectivity index (χ0) is 10.7. The maximum Gasteiger partial charge on any atom is 0.167 e. The van der Waals surface area contributed by atoms with Gasteiger partial charge in [0.1, 0.15) is 0 Å². The molecule has 0 saturated heterocycles. The molecule has 0 aliphatic rings. The Kier molecular flexibility index (Phi) is 3.47. The maximum atomic E-state index is 13.3. The summed E-state index contributed by atoms with van der Waals surface area (Å²) in [6.45, 7) is 4.10. The summed E-state index contributed by atoms with van der Waals surface area (Å²) in [5.74, 6) is -0.660. The lowest BCUT2D eigenvalue weighted by Gasteiger charge is -2.13. The van der Waals surface area contributed by atoms with Crippen molar-refractivity contribution >= 4 is 0 Å². The molecule has 3 heteroatoms. The van der Waals surface area contributed by atoms with E-state index in [1.807, 2.05) is 6.92 Å². The van der Waals surface area contributed by atoms with Crippen molar-refractivity contribution in [2.24, 2.45) is 5.73 Å². The van der Waals surface area contributed by atoms with E-state index in [9.17, 15) is 9.50 Å². The van der Waals surface area contributed by atoms with Crippen LogP contribution in [0.15, 0.2) is 12.1 Å². The van der Waals surface area contributed by atoms with Crippen LogP contribution in [0.2, 0.25) is 0 Å². The first-order valence-electron chi connectivity index (χ1n) is 4.76. The second kappa shape index (κ2) is 4.42. The van der Waals surface area contributed by atoms with Gasteiger partial charge in [0, 0.05) is 0 Å². The highest BCUT2D eigenvalue weighted by molar-refractivity contribution is 5.39. The van der Waals surface area contributed by atoms with E-state index in [1.165, 1.54) is 0 Å². The Morgan fingerprint density at radius 2 is 2.14 bits per heavy atom. The normalized spacial score (nSPS) is 12.9. The molecule has 0 aliphatic carbocycles. The van der Waals surface area contributed by atoms with Crippen molar-refractivity contribution in [1.29, 1.82) is 0 Å². The summed E-state index contributed by atoms with van der Waals surface area (Å²) in [5, 5.41) is 9.56. The molecule has 0 amide bonds. The fourth-order valence-electron chi connectivity index (χ4n) is 1.48. The fourth-order valence-corrected chi connectivity index (χ4v) is 1.48. The molecule has 0 aliphatic heterocycles. The van der Waals surface area contributed by atoms with Crippen LogP contribution in [0.1, 0.15) is 30.4 Å². The Morgan fingerprint density at radius 1 is 1.50 bits per heavy atom. The molecule has 1 unspecified atom stereocenters. The van der Waals surface area contributed by atoms with Crippen molar-refractivity contribution in [1.82, 2.24) is 0 Å². The summed E-state index contributed by atoms with van der Waals surface area (Å²) in [7, 11) is 0. The summed E-state index contributed by atoms with van der Waals surface area (Å²) in [6, 6.07) is 3.44. The average molecular weight is 197 g/mol. The molecule has 78 valence electrons. The van der Waals surface area contributed by atoms with E-state index in [4.69, 9.17) is 5.73 Å². The van der Waals surface area contributed by atoms with Gasteiger partial charge in [-0.15, -0.1) is 0 Å². The van der Waals surface area contributed by atoms with E-state index >= 15 is 0 Å². The lowest BCUT2D eigenvalue weighted by molar-refractivity contribution is 0.418. The number of rotatable bonds is 3. The third kappa shape index (κ3) is 2.04. The third-order valence-corrected chi connectivity index (χ3v) is 2.47. The molecule has 0 heterocycles. The van der Waals surface area contributed by atoms with Gasteiger partial charge in [0.05, 0.1) is 0 Å². The first kappa shape index (κ1) is 11.0. The predicted molar refractivity (Wildman–Crippen MR) is 54.9 cm³/mol. The van der Waals surface area contributed by atoms with E-state index in [0.717, 1.165) is 6.42 Å². The summed E-state index contributed by atoms with van der Waals surface area (Å²) in [4.78, 5) is 0. The number of benzene rings is 1. The number of halogens is 1. The number of phenolic OH excluding ortho intramolecular Hbond substituents is 1. The minimum Gasteiger partial charge on any atom is -0.505 e. The largest absolute Gasteiger partial charge is 0.505 e. The highest BCUT2D eigenvalue weighted by Gasteiger charge is 2.14. The number of aromatic hydroxyl groups is 1. The van der Waals surface area contributed by atoms with Crippen molar-refractivity contribution in [2.45, 2.75) is 26.2 Å². The first-order chi connectivity index (χ1) is 6.57. The molecule has 1 aromatic carbocycles. The smallest absolute Gasteiger partial charge is 0.167 e. The van der Waals surface area contributed by atoms with Crippen molar-refractivity contribution in [3.63, 3.8) is 0 Å². The van der Waals surface area contributed by atoms with Crippen LogP contribution in [0, 0.1) is 12.7 Å². The van der Waals surface area contributed by atoms with Gasteiger partial charge in [0.2, 0.25) is 0 Å². The monoisotopic (exact) mass is 197 g/mol. The number of phenols is 1. The molecule has 0 aromatic heterocycles. The Labute approximate surface area is 83.6 Å². The predicted octanol–water partition coefficient (Wildman–Crippen LogP) is 2.29. The van der Waals surface area contributed by atoms with E-state index in [-0.39, 0.29) is 11.7 Å². The molecule has 0 saturated carbocycles. The molecular formula is C11H16FNO. The summed E-state index contributed by atoms with van der Waals surface area (Å²) in [6.07, 6.45) is 0.746. The van der Waals surface area contributed by atoms with Crippen LogP contribution in [0.25, 0.3) is 0 Å². The van der Waals surface area contributed by atoms with Crippen LogP contribution in [0.5, 0.6) is 5.75 Å². The first-order valence-corrected chi connectivity index (χ1v) is 4.76. The van der Waals surface area contributed by atoms with Crippen LogP contribution in [0.3, 0.4) is 0 Å². The van der Waals surface area contributed by atoms with E-state index in [0.29, 0.717) is 17.7 Å². The van der Waals surface area contributed by atoms with Crippen LogP contribution < -0.4 is 5.73 Å². The zero-order valence-electron chi connectivity index (χ0n) is 8.55. The molecule has 14 heavy (non-hydrogen) atoms. The average Bonchev–Trinajstić information content (AvgIpc) is 2.15. The third-order valence-electron chi connectivity index (χ3n) is 2.47. The minimum atomic E-state index is -0.522. The van der Waals surface area contributed by atoms with Gasteiger partial charge in [-0.05, 0) is 36.9 Å². The van der Waals surface area contributed by atoms with Gasteiger partial charge in [-0.1, -0.05) is 19.1 Å². The lowest BCUT2D eigenvalue weighted by atomic mass is 9.95. The molecule has 1 atom stereocenters. The molecule has 0 fully saturated rings. The van der Waals surface area contributed by atoms with Gasteiger partial charge in [-0.25, -0.2) is 4.39 Å². The van der Waals surface area contributed by atoms with E-state index in [1.54, 1.807) is 19.1 Å². The SMILES string of the molecule is Cc1ccc(C(C)CCN)c(O)c1F. The quantitative estimate of drug-likeness (QED) is 0.781. The van der Waals surface area contributed by atoms with E-state index in [2.05, 4.69) is 0 Å². The van der Waals surface area contributed by atoms with Gasteiger partial charge in [0.25, 0.3) is 0 Å². The van der Waals surface area contributed by atoms with Crippen LogP contribution in [-0.4, -0.2) is 11.7 Å². The number of nitrogens with two attached hydrogens (primary N) is 1. The maximum absolute atomic E-state index is 13.3. The molecule has 1 rings (SSSR count). The van der Waals surface area contributed by atoms with Crippen molar-refractivity contribution in [2.75, 3.05) is 6.54 Å². The summed E-state index contributed by atoms with van der Waals surface area (Å²) >= 11 is 0. The van der Waals surface area contributed by atoms with Crippen LogP contribution >= 0.6 is 0 Å². The molecule has 0 bridgehead atoms. The van der Waals surface area contributed by atoms with Crippen molar-refractivity contribution < 1.29 is 9.50 Å². The number of hydrogen-bond donors (Lipinski definition) is 2. The Hall–Kier alpha value is -1.09. The Morgan fingerprint density at radius 3 is 2.71 bits per heavy atom. The topological polar surface area (TPSA) is 46.2 Å². The minimum absolute atomic E-state index is 0.0927. The molecular weight excluding hydrogens is 181 g/mol. The molecule has 2 nitrogen and oxygen atoms in total. The molecule has 0 radical (unpaired) electrons. The van der Waals surface area contributed by atoms with Crippen molar-refractivity contribution in [3.8, 4) is 5.75 Å². The lowest BCUT2D eigenvalue weighted by Crippen LogP contribution is -2.05. The van der Waals surface area contributed by atoms with Gasteiger partial charge in [-0.2, -0.15) is 0 Å². The van der Waals surface area contributed by atoms with Gasteiger partial charge in [-0.3, -0.25) is 0 Å². The van der Waals surface area contributed by atoms with Gasteiger partial charge in [0.15, 0.2) is 11.6 Å². The second-order valence-electron chi connectivity index (χ2n) is 3.61. The molecule has 3 N–H and O–H groups in total. The van der Waals surface area contributed by atoms with Gasteiger partial charge >= 0.3 is 0 Å². The van der Waals surface area contributed by atoms with Gasteiger partial charge < -0.3 is 10.8 Å². The Balaban J connectivity index is 3.04. The molecule has 0 spiro atoms. The van der Waals surface area contributed by atoms with E-state index < -0.39 is 5.82 Å². The number of hydrogen-bond acceptors (Lipinski definition) is 2. The standard InChI is InChI=1S/C11H16FNO/c1-7(5-6-13)9-4-3-8(2)10(12)11(9)14/h3-4,7,14H,5-6,13H2,1-2H3. The highest BCUT2D eigenvalue weighted by atomic mass is 19.1. The fraction of sp³-hybridized carbons (Fsp3) is 0.455. The molecule has 1 aromatic rings. The van der Waals surface area contributed by atoms with Crippen molar-refractivity contribution in [3.05, 3.63) is 29.1 Å². The summed E-state index contributed by atoms with van der Waals surface area (Å²) in [5.41, 5.74) is 6.51. The summed E-state index contributed by atoms with van der Waals surface area (Å²) < 4.78 is 13.3. The zero-order valence-corrected chi connectivity index (χ0v) is 8.55. The van der Waals surface area contributed by atoms with Crippen LogP contribution in [-0.2, 0) is 0 Å². The number of aryl methyl sites for hydroxylation is 1. The second-order valence-corrected chi connectivity index (χ2v) is 3.61. The Bertz CT molecular complexity index is 325. The van der Waals surface area contributed by atoms with Crippen LogP contribution in [0.4, 0.5) is 4.39 Å². The highest BCUT2D eigenvalue weighted by Crippen LogP contribution is 2.31.